The molecule has 0 saturated carbocycles. The molecule has 0 unspecified atom stereocenters. The molecule has 0 fully saturated rings. The molecule has 3 aromatic rings. The Hall–Kier alpha value is -3.40. The van der Waals surface area contributed by atoms with Gasteiger partial charge in [0.25, 0.3) is 0 Å². The molecule has 4 rings (SSSR count). The van der Waals surface area contributed by atoms with Gasteiger partial charge in [-0.05, 0) is 28.3 Å². The number of carbonyl (C=O) groups excluding carboxylic acids is 2. The molecular weight excluding hydrogens is 338 g/mol. The lowest BCUT2D eigenvalue weighted by Gasteiger charge is -2.24. The number of esters is 1. The summed E-state index contributed by atoms with van der Waals surface area (Å²) in [5, 5.41) is 2.79. The van der Waals surface area contributed by atoms with Gasteiger partial charge in [-0.25, -0.2) is 0 Å². The highest BCUT2D eigenvalue weighted by molar-refractivity contribution is 5.99. The summed E-state index contributed by atoms with van der Waals surface area (Å²) in [6.07, 6.45) is 0.114. The van der Waals surface area contributed by atoms with Gasteiger partial charge in [-0.3, -0.25) is 9.59 Å². The fourth-order valence-corrected chi connectivity index (χ4v) is 3.30. The summed E-state index contributed by atoms with van der Waals surface area (Å²) in [6.45, 7) is 0.189. The molecule has 134 valence electrons. The minimum absolute atomic E-state index is 0.114. The Morgan fingerprint density at radius 1 is 0.889 bits per heavy atom. The molecule has 4 nitrogen and oxygen atoms in total. The van der Waals surface area contributed by atoms with E-state index in [9.17, 15) is 9.59 Å². The van der Waals surface area contributed by atoms with E-state index in [0.717, 1.165) is 22.3 Å². The van der Waals surface area contributed by atoms with Crippen LogP contribution in [0.25, 0.3) is 11.1 Å². The van der Waals surface area contributed by atoms with Crippen LogP contribution in [0.5, 0.6) is 0 Å². The van der Waals surface area contributed by atoms with E-state index in [2.05, 4.69) is 17.4 Å². The number of amides is 1. The lowest BCUT2D eigenvalue weighted by Crippen LogP contribution is -2.28. The Morgan fingerprint density at radius 2 is 1.56 bits per heavy atom. The van der Waals surface area contributed by atoms with Crippen molar-refractivity contribution < 1.29 is 14.3 Å². The molecular formula is C23H19NO3. The number of benzene rings is 3. The smallest absolute Gasteiger partial charge is 0.314 e. The summed E-state index contributed by atoms with van der Waals surface area (Å²) in [7, 11) is 0. The topological polar surface area (TPSA) is 55.4 Å². The first kappa shape index (κ1) is 17.0. The van der Waals surface area contributed by atoms with Crippen molar-refractivity contribution in [3.63, 3.8) is 0 Å². The van der Waals surface area contributed by atoms with E-state index in [1.54, 1.807) is 6.07 Å². The molecule has 1 aliphatic rings. The quantitative estimate of drug-likeness (QED) is 0.698. The lowest BCUT2D eigenvalue weighted by atomic mass is 9.91. The van der Waals surface area contributed by atoms with Gasteiger partial charge in [0, 0.05) is 12.1 Å². The molecule has 1 atom stereocenters. The van der Waals surface area contributed by atoms with Gasteiger partial charge < -0.3 is 10.1 Å². The maximum Gasteiger partial charge on any atom is 0.314 e. The van der Waals surface area contributed by atoms with Crippen LogP contribution < -0.4 is 5.32 Å². The second-order valence-corrected chi connectivity index (χ2v) is 6.56. The van der Waals surface area contributed by atoms with E-state index in [1.165, 1.54) is 0 Å². The summed E-state index contributed by atoms with van der Waals surface area (Å²) >= 11 is 0. The fraction of sp³-hybridized carbons (Fsp3) is 0.130. The number of hydrogen-bond acceptors (Lipinski definition) is 3. The van der Waals surface area contributed by atoms with Crippen molar-refractivity contribution in [3.05, 3.63) is 90.0 Å². The SMILES string of the molecule is O=C1C[C@@H](C(=O)OCc2ccc(-c3ccccc3)cc2)c2ccccc2N1. The molecule has 0 aliphatic carbocycles. The predicted octanol–water partition coefficient (Wildman–Crippen LogP) is 4.52. The number of hydrogen-bond donors (Lipinski definition) is 1. The van der Waals surface area contributed by atoms with E-state index >= 15 is 0 Å². The normalized spacial score (nSPS) is 15.6. The predicted molar refractivity (Wildman–Crippen MR) is 104 cm³/mol. The molecule has 0 radical (unpaired) electrons. The molecule has 3 aromatic carbocycles. The Morgan fingerprint density at radius 3 is 2.33 bits per heavy atom. The molecule has 1 N–H and O–H groups in total. The first-order chi connectivity index (χ1) is 13.2. The number of carbonyl (C=O) groups is 2. The molecule has 0 aromatic heterocycles. The average molecular weight is 357 g/mol. The maximum atomic E-state index is 12.6. The van der Waals surface area contributed by atoms with Crippen molar-refractivity contribution in [2.24, 2.45) is 0 Å². The van der Waals surface area contributed by atoms with Crippen molar-refractivity contribution >= 4 is 17.6 Å². The van der Waals surface area contributed by atoms with Crippen LogP contribution in [-0.4, -0.2) is 11.9 Å². The first-order valence-electron chi connectivity index (χ1n) is 8.90. The highest BCUT2D eigenvalue weighted by Crippen LogP contribution is 2.33. The third-order valence-corrected chi connectivity index (χ3v) is 4.73. The van der Waals surface area contributed by atoms with E-state index < -0.39 is 5.92 Å². The monoisotopic (exact) mass is 357 g/mol. The summed E-state index contributed by atoms with van der Waals surface area (Å²) in [5.41, 5.74) is 4.66. The zero-order valence-electron chi connectivity index (χ0n) is 14.7. The molecule has 4 heteroatoms. The maximum absolute atomic E-state index is 12.6. The van der Waals surface area contributed by atoms with Gasteiger partial charge in [0.05, 0.1) is 5.92 Å². The van der Waals surface area contributed by atoms with Gasteiger partial charge in [-0.2, -0.15) is 0 Å². The second kappa shape index (κ2) is 7.46. The first-order valence-corrected chi connectivity index (χ1v) is 8.90. The third kappa shape index (κ3) is 3.75. The highest BCUT2D eigenvalue weighted by atomic mass is 16.5. The Balaban J connectivity index is 1.43. The van der Waals surface area contributed by atoms with Gasteiger partial charge >= 0.3 is 5.97 Å². The Kier molecular flexibility index (Phi) is 4.71. The van der Waals surface area contributed by atoms with Crippen molar-refractivity contribution in [1.29, 1.82) is 0 Å². The molecule has 0 bridgehead atoms. The van der Waals surface area contributed by atoms with Crippen molar-refractivity contribution in [1.82, 2.24) is 0 Å². The third-order valence-electron chi connectivity index (χ3n) is 4.73. The Bertz CT molecular complexity index is 964. The van der Waals surface area contributed by atoms with Gasteiger partial charge in [-0.1, -0.05) is 72.8 Å². The number of ether oxygens (including phenoxy) is 1. The van der Waals surface area contributed by atoms with Gasteiger partial charge in [-0.15, -0.1) is 0 Å². The molecule has 0 spiro atoms. The zero-order valence-corrected chi connectivity index (χ0v) is 14.7. The minimum Gasteiger partial charge on any atom is -0.460 e. The number of anilines is 1. The van der Waals surface area contributed by atoms with Gasteiger partial charge in [0.2, 0.25) is 5.91 Å². The highest BCUT2D eigenvalue weighted by Gasteiger charge is 2.31. The van der Waals surface area contributed by atoms with Crippen LogP contribution in [0.2, 0.25) is 0 Å². The van der Waals surface area contributed by atoms with Crippen LogP contribution in [0.15, 0.2) is 78.9 Å². The zero-order chi connectivity index (χ0) is 18.6. The number of nitrogens with one attached hydrogen (secondary N) is 1. The van der Waals surface area contributed by atoms with Crippen molar-refractivity contribution in [3.8, 4) is 11.1 Å². The van der Waals surface area contributed by atoms with Crippen LogP contribution in [0.1, 0.15) is 23.5 Å². The summed E-state index contributed by atoms with van der Waals surface area (Å²) in [6, 6.07) is 25.4. The van der Waals surface area contributed by atoms with Crippen molar-refractivity contribution in [2.75, 3.05) is 5.32 Å². The van der Waals surface area contributed by atoms with E-state index in [4.69, 9.17) is 4.74 Å². The molecule has 1 heterocycles. The fourth-order valence-electron chi connectivity index (χ4n) is 3.30. The Labute approximate surface area is 157 Å². The van der Waals surface area contributed by atoms with E-state index in [-0.39, 0.29) is 24.9 Å². The van der Waals surface area contributed by atoms with Gasteiger partial charge in [0.1, 0.15) is 6.61 Å². The standard InChI is InChI=1S/C23H19NO3/c25-22-14-20(19-8-4-5-9-21(19)24-22)23(26)27-15-16-10-12-18(13-11-16)17-6-2-1-3-7-17/h1-13,20H,14-15H2,(H,24,25)/t20-/m1/s1. The molecule has 0 saturated heterocycles. The second-order valence-electron chi connectivity index (χ2n) is 6.56. The summed E-state index contributed by atoms with van der Waals surface area (Å²) in [4.78, 5) is 24.4. The molecule has 1 amide bonds. The minimum atomic E-state index is -0.557. The van der Waals surface area contributed by atoms with Crippen LogP contribution in [0.3, 0.4) is 0 Å². The number of rotatable bonds is 4. The number of fused-ring (bicyclic) bond motifs is 1. The van der Waals surface area contributed by atoms with Crippen molar-refractivity contribution in [2.45, 2.75) is 18.9 Å². The average Bonchev–Trinajstić information content (AvgIpc) is 2.72. The van der Waals surface area contributed by atoms with Crippen LogP contribution in [0, 0.1) is 0 Å². The van der Waals surface area contributed by atoms with Crippen LogP contribution in [0.4, 0.5) is 5.69 Å². The largest absolute Gasteiger partial charge is 0.460 e. The summed E-state index contributed by atoms with van der Waals surface area (Å²) in [5.74, 6) is -1.09. The van der Waals surface area contributed by atoms with E-state index in [0.29, 0.717) is 5.69 Å². The summed E-state index contributed by atoms with van der Waals surface area (Å²) < 4.78 is 5.50. The molecule has 1 aliphatic heterocycles. The lowest BCUT2D eigenvalue weighted by molar-refractivity contribution is -0.148. The number of para-hydroxylation sites is 1. The van der Waals surface area contributed by atoms with Gasteiger partial charge in [0.15, 0.2) is 0 Å². The van der Waals surface area contributed by atoms with Crippen LogP contribution >= 0.6 is 0 Å². The molecule has 27 heavy (non-hydrogen) atoms. The van der Waals surface area contributed by atoms with Crippen LogP contribution in [-0.2, 0) is 20.9 Å². The van der Waals surface area contributed by atoms with E-state index in [1.807, 2.05) is 60.7 Å².